The third-order valence-corrected chi connectivity index (χ3v) is 11.6. The smallest absolute Gasteiger partial charge is 0.164 e. The summed E-state index contributed by atoms with van der Waals surface area (Å²) in [5, 5.41) is 7.18. The molecule has 4 aromatic heterocycles. The third kappa shape index (κ3) is 5.57. The zero-order chi connectivity index (χ0) is 39.6. The van der Waals surface area contributed by atoms with Crippen LogP contribution in [-0.2, 0) is 0 Å². The molecule has 0 saturated heterocycles. The Morgan fingerprint density at radius 3 is 1.52 bits per heavy atom. The summed E-state index contributed by atoms with van der Waals surface area (Å²) >= 11 is 0. The number of fused-ring (bicyclic) bond motifs is 7. The van der Waals surface area contributed by atoms with Crippen LogP contribution in [0.15, 0.2) is 206 Å². The first-order chi connectivity index (χ1) is 29.7. The zero-order valence-electron chi connectivity index (χ0n) is 32.3. The molecule has 12 rings (SSSR count). The van der Waals surface area contributed by atoms with Crippen molar-refractivity contribution in [1.82, 2.24) is 29.1 Å². The van der Waals surface area contributed by atoms with E-state index >= 15 is 0 Å². The molecule has 280 valence electrons. The van der Waals surface area contributed by atoms with Gasteiger partial charge in [0.2, 0.25) is 0 Å². The SMILES string of the molecule is c1ccc(-c2ccc(-c3nc(-c4ccccc4)nc(-c4ccnc(-n5c6ccccc6c6cc7c8ccccc8n(-c8ccc9ccccc9c8)c7cc65)c4)n3)cc2)cc1. The van der Waals surface area contributed by atoms with Crippen molar-refractivity contribution >= 4 is 54.4 Å². The van der Waals surface area contributed by atoms with Crippen molar-refractivity contribution in [3.8, 4) is 56.8 Å². The Bertz CT molecular complexity index is 3590. The van der Waals surface area contributed by atoms with Gasteiger partial charge in [-0.2, -0.15) is 0 Å². The van der Waals surface area contributed by atoms with Gasteiger partial charge in [0, 0.05) is 50.1 Å². The summed E-state index contributed by atoms with van der Waals surface area (Å²) in [6.07, 6.45) is 1.86. The Kier molecular flexibility index (Phi) is 7.74. The lowest BCUT2D eigenvalue weighted by atomic mass is 10.0. The van der Waals surface area contributed by atoms with Crippen LogP contribution in [0.1, 0.15) is 0 Å². The van der Waals surface area contributed by atoms with Gasteiger partial charge >= 0.3 is 0 Å². The molecule has 0 unspecified atom stereocenters. The summed E-state index contributed by atoms with van der Waals surface area (Å²) in [4.78, 5) is 20.2. The Morgan fingerprint density at radius 2 is 0.817 bits per heavy atom. The van der Waals surface area contributed by atoms with Gasteiger partial charge in [-0.25, -0.2) is 19.9 Å². The molecule has 0 aliphatic carbocycles. The van der Waals surface area contributed by atoms with E-state index < -0.39 is 0 Å². The molecular formula is C54H34N6. The minimum absolute atomic E-state index is 0.578. The fourth-order valence-corrected chi connectivity index (χ4v) is 8.74. The summed E-state index contributed by atoms with van der Waals surface area (Å²) < 4.78 is 4.67. The first-order valence-electron chi connectivity index (χ1n) is 20.1. The van der Waals surface area contributed by atoms with Crippen molar-refractivity contribution in [2.75, 3.05) is 0 Å². The first kappa shape index (κ1) is 33.9. The number of rotatable bonds is 6. The molecule has 12 aromatic rings. The van der Waals surface area contributed by atoms with E-state index in [-0.39, 0.29) is 0 Å². The van der Waals surface area contributed by atoms with Gasteiger partial charge in [0.15, 0.2) is 17.5 Å². The number of aromatic nitrogens is 6. The molecule has 0 bridgehead atoms. The van der Waals surface area contributed by atoms with E-state index in [1.165, 1.54) is 32.4 Å². The maximum absolute atomic E-state index is 5.12. The molecule has 0 fully saturated rings. The molecule has 4 heterocycles. The molecular weight excluding hydrogens is 733 g/mol. The highest BCUT2D eigenvalue weighted by atomic mass is 15.1. The lowest BCUT2D eigenvalue weighted by Gasteiger charge is -2.12. The van der Waals surface area contributed by atoms with Crippen molar-refractivity contribution in [2.24, 2.45) is 0 Å². The van der Waals surface area contributed by atoms with E-state index in [2.05, 4.69) is 167 Å². The molecule has 8 aromatic carbocycles. The summed E-state index contributed by atoms with van der Waals surface area (Å²) in [6, 6.07) is 70.3. The molecule has 0 aliphatic rings. The zero-order valence-corrected chi connectivity index (χ0v) is 32.3. The number of hydrogen-bond donors (Lipinski definition) is 0. The van der Waals surface area contributed by atoms with E-state index in [1.807, 2.05) is 48.7 Å². The van der Waals surface area contributed by atoms with Gasteiger partial charge in [0.1, 0.15) is 5.82 Å². The van der Waals surface area contributed by atoms with Crippen molar-refractivity contribution < 1.29 is 0 Å². The normalized spacial score (nSPS) is 11.7. The van der Waals surface area contributed by atoms with E-state index in [1.54, 1.807) is 0 Å². The van der Waals surface area contributed by atoms with Crippen molar-refractivity contribution in [3.63, 3.8) is 0 Å². The molecule has 0 spiro atoms. The third-order valence-electron chi connectivity index (χ3n) is 11.6. The fraction of sp³-hybridized carbons (Fsp3) is 0. The number of benzene rings is 8. The van der Waals surface area contributed by atoms with Gasteiger partial charge in [-0.1, -0.05) is 152 Å². The quantitative estimate of drug-likeness (QED) is 0.169. The minimum atomic E-state index is 0.578. The van der Waals surface area contributed by atoms with Gasteiger partial charge < -0.3 is 4.57 Å². The molecule has 0 atom stereocenters. The largest absolute Gasteiger partial charge is 0.309 e. The second kappa shape index (κ2) is 13.7. The maximum Gasteiger partial charge on any atom is 0.164 e. The average molecular weight is 767 g/mol. The predicted molar refractivity (Wildman–Crippen MR) is 246 cm³/mol. The van der Waals surface area contributed by atoms with Gasteiger partial charge in [0.25, 0.3) is 0 Å². The monoisotopic (exact) mass is 766 g/mol. The molecule has 0 N–H and O–H groups in total. The Labute approximate surface area is 345 Å². The van der Waals surface area contributed by atoms with Crippen molar-refractivity contribution in [1.29, 1.82) is 0 Å². The molecule has 0 radical (unpaired) electrons. The molecule has 0 aliphatic heterocycles. The lowest BCUT2D eigenvalue weighted by Crippen LogP contribution is -2.02. The van der Waals surface area contributed by atoms with Crippen LogP contribution in [-0.4, -0.2) is 29.1 Å². The molecule has 0 amide bonds. The summed E-state index contributed by atoms with van der Waals surface area (Å²) in [5.41, 5.74) is 10.5. The van der Waals surface area contributed by atoms with Crippen LogP contribution >= 0.6 is 0 Å². The Balaban J connectivity index is 1.05. The summed E-state index contributed by atoms with van der Waals surface area (Å²) in [6.45, 7) is 0. The Morgan fingerprint density at radius 1 is 0.300 bits per heavy atom. The van der Waals surface area contributed by atoms with Crippen LogP contribution in [0, 0.1) is 0 Å². The highest BCUT2D eigenvalue weighted by Gasteiger charge is 2.20. The van der Waals surface area contributed by atoms with E-state index in [0.717, 1.165) is 61.3 Å². The van der Waals surface area contributed by atoms with Gasteiger partial charge in [-0.05, 0) is 70.4 Å². The predicted octanol–water partition coefficient (Wildman–Crippen LogP) is 13.3. The second-order valence-electron chi connectivity index (χ2n) is 15.1. The van der Waals surface area contributed by atoms with Crippen LogP contribution in [0.4, 0.5) is 0 Å². The van der Waals surface area contributed by atoms with Gasteiger partial charge in [-0.3, -0.25) is 4.57 Å². The molecule has 6 nitrogen and oxygen atoms in total. The molecule has 6 heteroatoms. The average Bonchev–Trinajstić information content (AvgIpc) is 3.83. The van der Waals surface area contributed by atoms with Crippen LogP contribution in [0.25, 0.3) is 111 Å². The molecule has 60 heavy (non-hydrogen) atoms. The lowest BCUT2D eigenvalue weighted by molar-refractivity contribution is 1.05. The number of pyridine rings is 1. The van der Waals surface area contributed by atoms with Gasteiger partial charge in [-0.15, -0.1) is 0 Å². The highest BCUT2D eigenvalue weighted by Crippen LogP contribution is 2.40. The van der Waals surface area contributed by atoms with Crippen LogP contribution in [0.2, 0.25) is 0 Å². The Hall–Kier alpha value is -8.22. The van der Waals surface area contributed by atoms with Crippen molar-refractivity contribution in [2.45, 2.75) is 0 Å². The topological polar surface area (TPSA) is 61.4 Å². The van der Waals surface area contributed by atoms with Crippen LogP contribution < -0.4 is 0 Å². The standard InChI is InChI=1S/C54H34N6/c1-3-13-35(14-4-1)37-23-25-39(26-24-37)53-56-52(38-16-5-2-6-17-38)57-54(58-53)41-29-30-55-51(32-41)60-48-22-12-10-20-44(48)46-33-45-43-19-9-11-21-47(43)59(49(45)34-50(46)60)42-28-27-36-15-7-8-18-40(36)31-42/h1-34H. The second-order valence-corrected chi connectivity index (χ2v) is 15.1. The minimum Gasteiger partial charge on any atom is -0.309 e. The van der Waals surface area contributed by atoms with E-state index in [0.29, 0.717) is 17.5 Å². The van der Waals surface area contributed by atoms with E-state index in [4.69, 9.17) is 19.9 Å². The summed E-state index contributed by atoms with van der Waals surface area (Å²) in [7, 11) is 0. The fourth-order valence-electron chi connectivity index (χ4n) is 8.74. The van der Waals surface area contributed by atoms with Crippen LogP contribution in [0.5, 0.6) is 0 Å². The maximum atomic E-state index is 5.12. The first-order valence-corrected chi connectivity index (χ1v) is 20.1. The summed E-state index contributed by atoms with van der Waals surface area (Å²) in [5.74, 6) is 2.58. The number of para-hydroxylation sites is 2. The van der Waals surface area contributed by atoms with E-state index in [9.17, 15) is 0 Å². The highest BCUT2D eigenvalue weighted by molar-refractivity contribution is 6.19. The van der Waals surface area contributed by atoms with Gasteiger partial charge in [0.05, 0.1) is 22.1 Å². The molecule has 0 saturated carbocycles. The van der Waals surface area contributed by atoms with Crippen LogP contribution in [0.3, 0.4) is 0 Å². The number of nitrogens with zero attached hydrogens (tertiary/aromatic N) is 6. The number of hydrogen-bond acceptors (Lipinski definition) is 4. The van der Waals surface area contributed by atoms with Crippen molar-refractivity contribution in [3.05, 3.63) is 206 Å².